The molecule has 0 saturated carbocycles. The van der Waals surface area contributed by atoms with Gasteiger partial charge in [-0.25, -0.2) is 4.98 Å². The van der Waals surface area contributed by atoms with Crippen LogP contribution >= 0.6 is 34.9 Å². The molecule has 2 aromatic carbocycles. The van der Waals surface area contributed by atoms with Crippen LogP contribution in [-0.4, -0.2) is 31.8 Å². The van der Waals surface area contributed by atoms with Gasteiger partial charge in [-0.15, -0.1) is 10.2 Å². The van der Waals surface area contributed by atoms with E-state index in [2.05, 4.69) is 25.5 Å². The fourth-order valence-electron chi connectivity index (χ4n) is 2.76. The Bertz CT molecular complexity index is 1350. The lowest BCUT2D eigenvalue weighted by atomic mass is 10.1. The van der Waals surface area contributed by atoms with Gasteiger partial charge in [0, 0.05) is 11.3 Å². The van der Waals surface area contributed by atoms with Crippen LogP contribution in [0.4, 0.5) is 5.13 Å². The van der Waals surface area contributed by atoms with Gasteiger partial charge in [0.15, 0.2) is 9.50 Å². The van der Waals surface area contributed by atoms with Crippen LogP contribution in [0.1, 0.15) is 11.1 Å². The number of anilines is 1. The summed E-state index contributed by atoms with van der Waals surface area (Å²) >= 11 is 3.92. The maximum atomic E-state index is 12.4. The summed E-state index contributed by atoms with van der Waals surface area (Å²) < 4.78 is 0.757. The highest BCUT2D eigenvalue weighted by atomic mass is 32.2. The smallest absolute Gasteiger partial charge is 0.270 e. The molecular weight excluding hydrogens is 476 g/mol. The molecule has 8 nitrogen and oxygen atoms in total. The molecule has 0 fully saturated rings. The molecule has 4 aromatic rings. The Morgan fingerprint density at radius 3 is 2.52 bits per heavy atom. The minimum absolute atomic E-state index is 0.00907. The van der Waals surface area contributed by atoms with Crippen molar-refractivity contribution in [3.63, 3.8) is 0 Å². The summed E-state index contributed by atoms with van der Waals surface area (Å²) in [6, 6.07) is 20.9. The first-order valence-electron chi connectivity index (χ1n) is 9.65. The van der Waals surface area contributed by atoms with E-state index in [4.69, 9.17) is 0 Å². The predicted molar refractivity (Wildman–Crippen MR) is 130 cm³/mol. The van der Waals surface area contributed by atoms with Crippen LogP contribution in [0.15, 0.2) is 75.0 Å². The summed E-state index contributed by atoms with van der Waals surface area (Å²) in [6.07, 6.45) is 0. The van der Waals surface area contributed by atoms with Crippen LogP contribution in [0.2, 0.25) is 0 Å². The summed E-state index contributed by atoms with van der Waals surface area (Å²) in [5.41, 5.74) is 1.51. The average molecular weight is 493 g/mol. The van der Waals surface area contributed by atoms with Gasteiger partial charge in [-0.2, -0.15) is 5.26 Å². The van der Waals surface area contributed by atoms with E-state index in [1.54, 1.807) is 36.0 Å². The number of nitrogens with zero attached hydrogens (tertiary/aromatic N) is 4. The first-order valence-corrected chi connectivity index (χ1v) is 12.4. The van der Waals surface area contributed by atoms with Crippen molar-refractivity contribution in [3.05, 3.63) is 82.1 Å². The number of amides is 1. The number of aromatic amines is 1. The molecule has 0 aliphatic carbocycles. The lowest BCUT2D eigenvalue weighted by Crippen LogP contribution is -2.17. The fourth-order valence-corrected chi connectivity index (χ4v) is 5.14. The van der Waals surface area contributed by atoms with E-state index < -0.39 is 5.56 Å². The van der Waals surface area contributed by atoms with Gasteiger partial charge in [0.05, 0.1) is 11.4 Å². The zero-order valence-corrected chi connectivity index (χ0v) is 19.5. The molecule has 4 rings (SSSR count). The van der Waals surface area contributed by atoms with Crippen molar-refractivity contribution in [1.29, 1.82) is 5.26 Å². The summed E-state index contributed by atoms with van der Waals surface area (Å²) in [6.45, 7) is 0. The minimum Gasteiger partial charge on any atom is -0.300 e. The Morgan fingerprint density at radius 2 is 1.79 bits per heavy atom. The van der Waals surface area contributed by atoms with E-state index in [1.807, 2.05) is 42.5 Å². The van der Waals surface area contributed by atoms with Crippen molar-refractivity contribution in [2.24, 2.45) is 0 Å². The Morgan fingerprint density at radius 1 is 1.06 bits per heavy atom. The molecule has 2 N–H and O–H groups in total. The number of aromatic nitrogens is 4. The largest absolute Gasteiger partial charge is 0.300 e. The van der Waals surface area contributed by atoms with Crippen molar-refractivity contribution in [3.8, 4) is 17.3 Å². The molecule has 0 saturated heterocycles. The normalized spacial score (nSPS) is 10.5. The molecule has 0 radical (unpaired) electrons. The number of thioether (sulfide) groups is 2. The topological polar surface area (TPSA) is 124 Å². The van der Waals surface area contributed by atoms with E-state index in [-0.39, 0.29) is 28.1 Å². The van der Waals surface area contributed by atoms with E-state index in [1.165, 1.54) is 16.9 Å². The zero-order chi connectivity index (χ0) is 23.0. The van der Waals surface area contributed by atoms with E-state index in [0.29, 0.717) is 10.7 Å². The Kier molecular flexibility index (Phi) is 7.51. The Hall–Kier alpha value is -3.46. The number of H-pyrrole nitrogens is 1. The van der Waals surface area contributed by atoms with Crippen LogP contribution < -0.4 is 10.9 Å². The van der Waals surface area contributed by atoms with E-state index >= 15 is 0 Å². The van der Waals surface area contributed by atoms with E-state index in [0.717, 1.165) is 21.9 Å². The minimum atomic E-state index is -0.543. The van der Waals surface area contributed by atoms with Gasteiger partial charge in [-0.1, -0.05) is 95.5 Å². The van der Waals surface area contributed by atoms with Crippen molar-refractivity contribution in [2.45, 2.75) is 15.2 Å². The first kappa shape index (κ1) is 22.7. The first-order chi connectivity index (χ1) is 16.1. The molecule has 0 atom stereocenters. The average Bonchev–Trinajstić information content (AvgIpc) is 3.29. The van der Waals surface area contributed by atoms with Gasteiger partial charge in [-0.3, -0.25) is 14.9 Å². The Balaban J connectivity index is 1.37. The molecule has 2 heterocycles. The van der Waals surface area contributed by atoms with Crippen molar-refractivity contribution >= 4 is 45.9 Å². The molecule has 1 amide bonds. The van der Waals surface area contributed by atoms with Gasteiger partial charge in [0.1, 0.15) is 11.6 Å². The number of nitrogens with one attached hydrogen (secondary N) is 2. The number of nitriles is 1. The summed E-state index contributed by atoms with van der Waals surface area (Å²) in [5.74, 6) is 0.472. The number of carbonyl (C=O) groups excluding carboxylic acids is 1. The molecule has 0 spiro atoms. The lowest BCUT2D eigenvalue weighted by molar-refractivity contribution is -0.113. The second-order valence-electron chi connectivity index (χ2n) is 6.56. The maximum Gasteiger partial charge on any atom is 0.270 e. The van der Waals surface area contributed by atoms with E-state index in [9.17, 15) is 14.9 Å². The van der Waals surface area contributed by atoms with Crippen molar-refractivity contribution in [2.75, 3.05) is 11.1 Å². The quantitative estimate of drug-likeness (QED) is 0.213. The van der Waals surface area contributed by atoms with Crippen molar-refractivity contribution in [1.82, 2.24) is 20.2 Å². The predicted octanol–water partition coefficient (Wildman–Crippen LogP) is 4.18. The second kappa shape index (κ2) is 10.9. The number of hydrogen-bond acceptors (Lipinski definition) is 9. The SMILES string of the molecule is N#Cc1c(-c2ccccc2)nc(SCC(=O)Nc2nnc(SCc3ccccc3)s2)[nH]c1=O. The lowest BCUT2D eigenvalue weighted by Gasteiger charge is -2.06. The highest BCUT2D eigenvalue weighted by Crippen LogP contribution is 2.28. The van der Waals surface area contributed by atoms with Crippen LogP contribution in [0.5, 0.6) is 0 Å². The molecule has 0 aliphatic heterocycles. The summed E-state index contributed by atoms with van der Waals surface area (Å²) in [5, 5.41) is 20.8. The van der Waals surface area contributed by atoms with Gasteiger partial charge in [-0.05, 0) is 5.56 Å². The summed E-state index contributed by atoms with van der Waals surface area (Å²) in [7, 11) is 0. The number of carbonyl (C=O) groups is 1. The molecule has 164 valence electrons. The van der Waals surface area contributed by atoms with Crippen LogP contribution in [-0.2, 0) is 10.5 Å². The standard InChI is InChI=1S/C22H16N6O2S3/c23-11-16-18(15-9-5-2-6-10-15)25-20(26-19(16)30)31-13-17(29)24-21-27-28-22(33-21)32-12-14-7-3-1-4-8-14/h1-10H,12-13H2,(H,24,27,29)(H,25,26,30). The summed E-state index contributed by atoms with van der Waals surface area (Å²) in [4.78, 5) is 31.6. The third-order valence-electron chi connectivity index (χ3n) is 4.25. The molecule has 2 aromatic heterocycles. The van der Waals surface area contributed by atoms with Gasteiger partial charge in [0.2, 0.25) is 11.0 Å². The van der Waals surface area contributed by atoms with Gasteiger partial charge in [0.25, 0.3) is 5.56 Å². The van der Waals surface area contributed by atoms with Crippen LogP contribution in [0.3, 0.4) is 0 Å². The van der Waals surface area contributed by atoms with Gasteiger partial charge < -0.3 is 4.98 Å². The second-order valence-corrected chi connectivity index (χ2v) is 9.72. The molecule has 0 aliphatic rings. The molecular formula is C22H16N6O2S3. The number of benzene rings is 2. The van der Waals surface area contributed by atoms with Crippen LogP contribution in [0.25, 0.3) is 11.3 Å². The highest BCUT2D eigenvalue weighted by Gasteiger charge is 2.15. The fraction of sp³-hybridized carbons (Fsp3) is 0.0909. The Labute approximate surface area is 201 Å². The van der Waals surface area contributed by atoms with Crippen molar-refractivity contribution < 1.29 is 4.79 Å². The zero-order valence-electron chi connectivity index (χ0n) is 17.0. The number of rotatable bonds is 8. The molecule has 0 bridgehead atoms. The highest BCUT2D eigenvalue weighted by molar-refractivity contribution is 8.00. The van der Waals surface area contributed by atoms with Gasteiger partial charge >= 0.3 is 0 Å². The number of hydrogen-bond donors (Lipinski definition) is 2. The van der Waals surface area contributed by atoms with Crippen LogP contribution in [0, 0.1) is 11.3 Å². The maximum absolute atomic E-state index is 12.4. The third-order valence-corrected chi connectivity index (χ3v) is 7.17. The molecule has 33 heavy (non-hydrogen) atoms. The molecule has 0 unspecified atom stereocenters. The molecule has 11 heteroatoms. The monoisotopic (exact) mass is 492 g/mol. The third kappa shape index (κ3) is 6.07.